The maximum atomic E-state index is 12.3. The third-order valence-electron chi connectivity index (χ3n) is 5.15. The van der Waals surface area contributed by atoms with Crippen molar-refractivity contribution < 1.29 is 44.4 Å². The predicted molar refractivity (Wildman–Crippen MR) is 138 cm³/mol. The van der Waals surface area contributed by atoms with Gasteiger partial charge >= 0.3 is 11.9 Å². The standard InChI is InChI=1S/C20H31N5O6.C4H4O4/c1-19(2,12-31-25(28)29)18(27)21-11-20(3,4)23-9-14(26)10-30-16-8-6-7-15-17(16)24(5)13-22-15;5-3(6)1-2-4(7)8/h6-8,13-14,23,26H,9-12H2,1-5H3,(H,21,27);1-2H,(H,5,6)(H,7,8). The van der Waals surface area contributed by atoms with Gasteiger partial charge in [0.05, 0.1) is 17.3 Å². The first-order chi connectivity index (χ1) is 18.0. The summed E-state index contributed by atoms with van der Waals surface area (Å²) in [7, 11) is 1.88. The summed E-state index contributed by atoms with van der Waals surface area (Å²) >= 11 is 0. The average Bonchev–Trinajstić information content (AvgIpc) is 3.24. The van der Waals surface area contributed by atoms with Crippen molar-refractivity contribution in [3.63, 3.8) is 0 Å². The molecule has 1 unspecified atom stereocenters. The third kappa shape index (κ3) is 12.2. The first kappa shape index (κ1) is 32.8. The van der Waals surface area contributed by atoms with Gasteiger partial charge in [-0.05, 0) is 39.8 Å². The number of carbonyl (C=O) groups is 3. The molecule has 0 saturated carbocycles. The van der Waals surface area contributed by atoms with Crippen LogP contribution in [-0.4, -0.2) is 85.7 Å². The normalized spacial score (nSPS) is 12.4. The van der Waals surface area contributed by atoms with Crippen LogP contribution in [-0.2, 0) is 26.3 Å². The molecule has 0 spiro atoms. The zero-order chi connectivity index (χ0) is 29.8. The highest BCUT2D eigenvalue weighted by Crippen LogP contribution is 2.24. The minimum atomic E-state index is -1.26. The van der Waals surface area contributed by atoms with E-state index in [1.54, 1.807) is 20.2 Å². The highest BCUT2D eigenvalue weighted by atomic mass is 16.9. The summed E-state index contributed by atoms with van der Waals surface area (Å²) in [5, 5.41) is 41.3. The summed E-state index contributed by atoms with van der Waals surface area (Å²) in [5.74, 6) is -2.24. The first-order valence-corrected chi connectivity index (χ1v) is 11.7. The van der Waals surface area contributed by atoms with E-state index in [1.807, 2.05) is 43.7 Å². The van der Waals surface area contributed by atoms with Gasteiger partial charge in [-0.15, -0.1) is 10.1 Å². The number of carboxylic acids is 2. The van der Waals surface area contributed by atoms with Gasteiger partial charge in [0.2, 0.25) is 5.91 Å². The topological polar surface area (TPSA) is 215 Å². The SMILES string of the molecule is Cn1cnc2cccc(OCC(O)CNC(C)(C)CNC(=O)C(C)(C)CO[N+](=O)[O-])c21.O=C(O)C=CC(=O)O. The van der Waals surface area contributed by atoms with Crippen molar-refractivity contribution in [2.75, 3.05) is 26.3 Å². The first-order valence-electron chi connectivity index (χ1n) is 11.7. The van der Waals surface area contributed by atoms with Crippen molar-refractivity contribution in [2.24, 2.45) is 12.5 Å². The lowest BCUT2D eigenvalue weighted by Crippen LogP contribution is -2.53. The number of para-hydroxylation sites is 1. The summed E-state index contributed by atoms with van der Waals surface area (Å²) < 4.78 is 7.65. The van der Waals surface area contributed by atoms with Crippen LogP contribution in [0.15, 0.2) is 36.7 Å². The number of rotatable bonds is 14. The van der Waals surface area contributed by atoms with Crippen molar-refractivity contribution in [1.29, 1.82) is 0 Å². The maximum Gasteiger partial charge on any atom is 0.328 e. The lowest BCUT2D eigenvalue weighted by molar-refractivity contribution is -0.760. The second-order valence-electron chi connectivity index (χ2n) is 9.78. The second kappa shape index (κ2) is 14.6. The van der Waals surface area contributed by atoms with E-state index in [0.717, 1.165) is 11.0 Å². The largest absolute Gasteiger partial charge is 0.489 e. The summed E-state index contributed by atoms with van der Waals surface area (Å²) in [6.45, 7) is 7.14. The molecule has 2 aromatic rings. The van der Waals surface area contributed by atoms with Gasteiger partial charge in [0, 0.05) is 37.8 Å². The van der Waals surface area contributed by atoms with Gasteiger partial charge in [0.25, 0.3) is 5.09 Å². The number of aliphatic hydroxyl groups excluding tert-OH is 1. The molecule has 0 fully saturated rings. The minimum Gasteiger partial charge on any atom is -0.489 e. The zero-order valence-electron chi connectivity index (χ0n) is 22.4. The molecule has 1 amide bonds. The molecule has 0 radical (unpaired) electrons. The number of carbonyl (C=O) groups excluding carboxylic acids is 1. The lowest BCUT2D eigenvalue weighted by atomic mass is 9.93. The monoisotopic (exact) mass is 553 g/mol. The highest BCUT2D eigenvalue weighted by molar-refractivity contribution is 5.89. The Balaban J connectivity index is 0.000000824. The van der Waals surface area contributed by atoms with E-state index >= 15 is 0 Å². The van der Waals surface area contributed by atoms with Crippen molar-refractivity contribution in [2.45, 2.75) is 39.3 Å². The van der Waals surface area contributed by atoms with Gasteiger partial charge in [-0.1, -0.05) is 6.07 Å². The van der Waals surface area contributed by atoms with E-state index in [9.17, 15) is 29.6 Å². The second-order valence-corrected chi connectivity index (χ2v) is 9.78. The number of hydrogen-bond donors (Lipinski definition) is 5. The Hall–Kier alpha value is -4.24. The highest BCUT2D eigenvalue weighted by Gasteiger charge is 2.30. The number of carboxylic acid groups (broad SMARTS) is 2. The van der Waals surface area contributed by atoms with Gasteiger partial charge in [-0.25, -0.2) is 14.6 Å². The van der Waals surface area contributed by atoms with Gasteiger partial charge in [0.15, 0.2) is 0 Å². The Morgan fingerprint density at radius 3 is 2.36 bits per heavy atom. The summed E-state index contributed by atoms with van der Waals surface area (Å²) in [5.41, 5.74) is 0.0904. The zero-order valence-corrected chi connectivity index (χ0v) is 22.4. The number of β-amino-alcohol motifs (C(OH)–C–C–N with tert-alkyl or cyclic N) is 1. The van der Waals surface area contributed by atoms with Gasteiger partial charge < -0.3 is 40.1 Å². The van der Waals surface area contributed by atoms with Crippen LogP contribution < -0.4 is 15.4 Å². The van der Waals surface area contributed by atoms with Crippen molar-refractivity contribution in [3.05, 3.63) is 46.8 Å². The number of aliphatic carboxylic acids is 2. The van der Waals surface area contributed by atoms with Crippen LogP contribution in [0.5, 0.6) is 5.75 Å². The van der Waals surface area contributed by atoms with Crippen LogP contribution in [0.25, 0.3) is 11.0 Å². The van der Waals surface area contributed by atoms with Crippen LogP contribution >= 0.6 is 0 Å². The van der Waals surface area contributed by atoms with E-state index in [2.05, 4.69) is 20.5 Å². The Morgan fingerprint density at radius 1 is 1.18 bits per heavy atom. The number of ether oxygens (including phenoxy) is 1. The number of benzene rings is 1. The van der Waals surface area contributed by atoms with Crippen molar-refractivity contribution in [1.82, 2.24) is 20.2 Å². The van der Waals surface area contributed by atoms with Gasteiger partial charge in [-0.3, -0.25) is 4.79 Å². The lowest BCUT2D eigenvalue weighted by Gasteiger charge is -2.30. The summed E-state index contributed by atoms with van der Waals surface area (Å²) in [6, 6.07) is 5.56. The fourth-order valence-electron chi connectivity index (χ4n) is 2.96. The molecule has 2 rings (SSSR count). The Morgan fingerprint density at radius 2 is 1.79 bits per heavy atom. The molecule has 15 heteroatoms. The van der Waals surface area contributed by atoms with E-state index < -0.39 is 34.1 Å². The molecule has 0 bridgehead atoms. The summed E-state index contributed by atoms with van der Waals surface area (Å²) in [4.78, 5) is 50.4. The number of fused-ring (bicyclic) bond motifs is 1. The van der Waals surface area contributed by atoms with E-state index in [4.69, 9.17) is 14.9 Å². The van der Waals surface area contributed by atoms with Gasteiger partial charge in [0.1, 0.15) is 30.6 Å². The Kier molecular flexibility index (Phi) is 12.3. The number of imidazole rings is 1. The molecule has 15 nitrogen and oxygen atoms in total. The molecule has 216 valence electrons. The molecule has 5 N–H and O–H groups in total. The number of aliphatic hydroxyl groups is 1. The predicted octanol–water partition coefficient (Wildman–Crippen LogP) is 0.744. The van der Waals surface area contributed by atoms with E-state index in [1.165, 1.54) is 0 Å². The average molecular weight is 554 g/mol. The molecule has 0 aliphatic carbocycles. The number of aryl methyl sites for hydroxylation is 1. The molecule has 0 aliphatic heterocycles. The molecule has 0 aliphatic rings. The number of aromatic nitrogens is 2. The fourth-order valence-corrected chi connectivity index (χ4v) is 2.96. The quantitative estimate of drug-likeness (QED) is 0.124. The van der Waals surface area contributed by atoms with Gasteiger partial charge in [-0.2, -0.15) is 0 Å². The van der Waals surface area contributed by atoms with E-state index in [-0.39, 0.29) is 32.2 Å². The Labute approximate surface area is 224 Å². The number of nitrogens with zero attached hydrogens (tertiary/aromatic N) is 3. The molecule has 1 atom stereocenters. The molecular formula is C24H35N5O10. The molecule has 39 heavy (non-hydrogen) atoms. The molecular weight excluding hydrogens is 518 g/mol. The molecule has 1 heterocycles. The number of amides is 1. The van der Waals surface area contributed by atoms with Crippen LogP contribution in [0, 0.1) is 15.5 Å². The smallest absolute Gasteiger partial charge is 0.328 e. The van der Waals surface area contributed by atoms with Crippen LogP contribution in [0.4, 0.5) is 0 Å². The van der Waals surface area contributed by atoms with Crippen molar-refractivity contribution in [3.8, 4) is 5.75 Å². The van der Waals surface area contributed by atoms with Crippen molar-refractivity contribution >= 4 is 28.9 Å². The molecule has 0 saturated heterocycles. The molecule has 1 aromatic heterocycles. The van der Waals surface area contributed by atoms with E-state index in [0.29, 0.717) is 17.9 Å². The summed E-state index contributed by atoms with van der Waals surface area (Å²) in [6.07, 6.45) is 2.05. The number of nitrogens with one attached hydrogen (secondary N) is 2. The number of hydrogen-bond acceptors (Lipinski definition) is 10. The van der Waals surface area contributed by atoms with Crippen LogP contribution in [0.1, 0.15) is 27.7 Å². The maximum absolute atomic E-state index is 12.3. The Bertz CT molecular complexity index is 1160. The molecule has 1 aromatic carbocycles. The minimum absolute atomic E-state index is 0.0883. The third-order valence-corrected chi connectivity index (χ3v) is 5.15. The van der Waals surface area contributed by atoms with Crippen LogP contribution in [0.3, 0.4) is 0 Å². The van der Waals surface area contributed by atoms with Crippen LogP contribution in [0.2, 0.25) is 0 Å². The fraction of sp³-hybridized carbons (Fsp3) is 0.500.